The predicted octanol–water partition coefficient (Wildman–Crippen LogP) is 3.31. The zero-order valence-corrected chi connectivity index (χ0v) is 16.5. The Balaban J connectivity index is 1.34. The molecule has 2 aromatic rings. The first-order valence-corrected chi connectivity index (χ1v) is 10.2. The molecule has 2 amide bonds. The quantitative estimate of drug-likeness (QED) is 0.630. The number of aromatic nitrogens is 2. The Hall–Kier alpha value is -2.58. The van der Waals surface area contributed by atoms with E-state index in [1.807, 2.05) is 18.2 Å². The molecule has 0 bridgehead atoms. The molecule has 0 unspecified atom stereocenters. The topological polar surface area (TPSA) is 93.2 Å². The molecule has 3 rings (SSSR count). The Morgan fingerprint density at radius 2 is 2.00 bits per heavy atom. The highest BCUT2D eigenvalue weighted by Crippen LogP contribution is 2.19. The number of carbonyl (C=O) groups excluding carboxylic acids is 2. The van der Waals surface area contributed by atoms with Gasteiger partial charge >= 0.3 is 0 Å². The van der Waals surface area contributed by atoms with Crippen molar-refractivity contribution in [1.82, 2.24) is 15.5 Å². The molecule has 0 fully saturated rings. The number of ether oxygens (including phenoxy) is 1. The Morgan fingerprint density at radius 3 is 2.79 bits per heavy atom. The van der Waals surface area contributed by atoms with Gasteiger partial charge in [0.05, 0.1) is 0 Å². The molecule has 0 saturated heterocycles. The van der Waals surface area contributed by atoms with Crippen molar-refractivity contribution in [3.8, 4) is 0 Å². The lowest BCUT2D eigenvalue weighted by atomic mass is 9.97. The fraction of sp³-hybridized carbons (Fsp3) is 0.400. The number of para-hydroxylation sites is 1. The number of nitrogens with zero attached hydrogens (tertiary/aromatic N) is 2. The summed E-state index contributed by atoms with van der Waals surface area (Å²) in [5.74, 6) is -0.465. The number of rotatable bonds is 9. The monoisotopic (exact) mass is 400 g/mol. The molecule has 1 aliphatic rings. The highest BCUT2D eigenvalue weighted by molar-refractivity contribution is 7.13. The van der Waals surface area contributed by atoms with E-state index in [0.29, 0.717) is 17.2 Å². The second-order valence-electron chi connectivity index (χ2n) is 6.52. The summed E-state index contributed by atoms with van der Waals surface area (Å²) in [5, 5.41) is 14.3. The smallest absolute Gasteiger partial charge is 0.286 e. The average Bonchev–Trinajstić information content (AvgIpc) is 3.19. The van der Waals surface area contributed by atoms with Crippen molar-refractivity contribution in [2.75, 3.05) is 18.5 Å². The van der Waals surface area contributed by atoms with Gasteiger partial charge in [-0.1, -0.05) is 41.2 Å². The summed E-state index contributed by atoms with van der Waals surface area (Å²) in [6, 6.07) is 9.15. The van der Waals surface area contributed by atoms with E-state index in [0.717, 1.165) is 30.6 Å². The van der Waals surface area contributed by atoms with E-state index in [1.54, 1.807) is 12.1 Å². The van der Waals surface area contributed by atoms with E-state index in [9.17, 15) is 9.59 Å². The van der Waals surface area contributed by atoms with Gasteiger partial charge in [-0.25, -0.2) is 0 Å². The van der Waals surface area contributed by atoms with Crippen LogP contribution in [0.5, 0.6) is 0 Å². The van der Waals surface area contributed by atoms with Crippen molar-refractivity contribution in [3.63, 3.8) is 0 Å². The Bertz CT molecular complexity index is 820. The molecule has 0 spiro atoms. The molecule has 7 nitrogen and oxygen atoms in total. The van der Waals surface area contributed by atoms with E-state index in [2.05, 4.69) is 26.9 Å². The first-order chi connectivity index (χ1) is 13.7. The van der Waals surface area contributed by atoms with E-state index in [4.69, 9.17) is 4.74 Å². The SMILES string of the molecule is O=C(COCc1nnc(C(=O)Nc2ccccc2)s1)NCCC1=CCCCC1. The van der Waals surface area contributed by atoms with Gasteiger partial charge in [0.25, 0.3) is 5.91 Å². The summed E-state index contributed by atoms with van der Waals surface area (Å²) in [5.41, 5.74) is 2.13. The molecule has 1 aromatic heterocycles. The van der Waals surface area contributed by atoms with Crippen molar-refractivity contribution in [2.24, 2.45) is 0 Å². The molecule has 148 valence electrons. The maximum absolute atomic E-state index is 12.1. The fourth-order valence-electron chi connectivity index (χ4n) is 2.89. The zero-order valence-electron chi connectivity index (χ0n) is 15.6. The first-order valence-electron chi connectivity index (χ1n) is 9.42. The molecule has 8 heteroatoms. The second kappa shape index (κ2) is 10.7. The van der Waals surface area contributed by atoms with Crippen molar-refractivity contribution >= 4 is 28.8 Å². The van der Waals surface area contributed by atoms with Gasteiger partial charge in [0.2, 0.25) is 10.9 Å². The molecule has 1 aliphatic carbocycles. The molecule has 0 aliphatic heterocycles. The lowest BCUT2D eigenvalue weighted by Gasteiger charge is -2.12. The Labute approximate surface area is 168 Å². The molecule has 1 heterocycles. The number of allylic oxidation sites excluding steroid dienone is 1. The molecular formula is C20H24N4O3S. The number of anilines is 1. The summed E-state index contributed by atoms with van der Waals surface area (Å²) in [6.45, 7) is 0.746. The summed E-state index contributed by atoms with van der Waals surface area (Å²) in [4.78, 5) is 24.0. The van der Waals surface area contributed by atoms with Gasteiger partial charge in [-0.05, 0) is 44.2 Å². The van der Waals surface area contributed by atoms with Gasteiger partial charge in [-0.2, -0.15) is 0 Å². The number of hydrogen-bond donors (Lipinski definition) is 2. The van der Waals surface area contributed by atoms with Crippen molar-refractivity contribution in [1.29, 1.82) is 0 Å². The minimum absolute atomic E-state index is 0.0375. The largest absolute Gasteiger partial charge is 0.364 e. The van der Waals surface area contributed by atoms with Crippen LogP contribution in [-0.2, 0) is 16.1 Å². The van der Waals surface area contributed by atoms with Crippen LogP contribution in [0.2, 0.25) is 0 Å². The van der Waals surface area contributed by atoms with Crippen LogP contribution in [0.3, 0.4) is 0 Å². The average molecular weight is 401 g/mol. The third-order valence-corrected chi connectivity index (χ3v) is 5.20. The maximum Gasteiger partial charge on any atom is 0.286 e. The molecule has 0 radical (unpaired) electrons. The predicted molar refractivity (Wildman–Crippen MR) is 108 cm³/mol. The standard InChI is InChI=1S/C20H24N4O3S/c25-17(21-12-11-15-7-3-1-4-8-15)13-27-14-18-23-24-20(28-18)19(26)22-16-9-5-2-6-10-16/h2,5-7,9-10H,1,3-4,8,11-14H2,(H,21,25)(H,22,26). The van der Waals surface area contributed by atoms with Crippen LogP contribution >= 0.6 is 11.3 Å². The van der Waals surface area contributed by atoms with Gasteiger partial charge < -0.3 is 15.4 Å². The lowest BCUT2D eigenvalue weighted by molar-refractivity contribution is -0.126. The van der Waals surface area contributed by atoms with Crippen molar-refractivity contribution in [2.45, 2.75) is 38.7 Å². The molecule has 0 saturated carbocycles. The minimum atomic E-state index is -0.315. The molecule has 28 heavy (non-hydrogen) atoms. The summed E-state index contributed by atoms with van der Waals surface area (Å²) in [7, 11) is 0. The Morgan fingerprint density at radius 1 is 1.14 bits per heavy atom. The third kappa shape index (κ3) is 6.54. The van der Waals surface area contributed by atoms with Crippen LogP contribution in [0.4, 0.5) is 5.69 Å². The summed E-state index contributed by atoms with van der Waals surface area (Å²) in [6.07, 6.45) is 8.00. The van der Waals surface area contributed by atoms with Crippen LogP contribution in [0, 0.1) is 0 Å². The van der Waals surface area contributed by atoms with E-state index >= 15 is 0 Å². The van der Waals surface area contributed by atoms with Crippen molar-refractivity contribution in [3.05, 3.63) is 52.0 Å². The lowest BCUT2D eigenvalue weighted by Crippen LogP contribution is -2.28. The van der Waals surface area contributed by atoms with Crippen LogP contribution < -0.4 is 10.6 Å². The summed E-state index contributed by atoms with van der Waals surface area (Å²) < 4.78 is 5.38. The van der Waals surface area contributed by atoms with Crippen LogP contribution in [0.25, 0.3) is 0 Å². The van der Waals surface area contributed by atoms with Gasteiger partial charge in [0.1, 0.15) is 18.2 Å². The normalized spacial score (nSPS) is 13.6. The molecule has 1 aromatic carbocycles. The first kappa shape index (κ1) is 20.2. The minimum Gasteiger partial charge on any atom is -0.364 e. The summed E-state index contributed by atoms with van der Waals surface area (Å²) >= 11 is 1.15. The third-order valence-electron chi connectivity index (χ3n) is 4.30. The highest BCUT2D eigenvalue weighted by Gasteiger charge is 2.13. The van der Waals surface area contributed by atoms with E-state index < -0.39 is 0 Å². The second-order valence-corrected chi connectivity index (χ2v) is 7.58. The Kier molecular flexibility index (Phi) is 7.69. The van der Waals surface area contributed by atoms with Gasteiger partial charge in [0.15, 0.2) is 0 Å². The fourth-order valence-corrected chi connectivity index (χ4v) is 3.56. The van der Waals surface area contributed by atoms with Crippen LogP contribution in [0.15, 0.2) is 42.0 Å². The van der Waals surface area contributed by atoms with Gasteiger partial charge in [-0.3, -0.25) is 9.59 Å². The van der Waals surface area contributed by atoms with E-state index in [-0.39, 0.29) is 30.0 Å². The molecular weight excluding hydrogens is 376 g/mol. The number of benzene rings is 1. The van der Waals surface area contributed by atoms with Crippen molar-refractivity contribution < 1.29 is 14.3 Å². The van der Waals surface area contributed by atoms with E-state index in [1.165, 1.54) is 18.4 Å². The zero-order chi connectivity index (χ0) is 19.6. The number of hydrogen-bond acceptors (Lipinski definition) is 6. The molecule has 0 atom stereocenters. The van der Waals surface area contributed by atoms with Gasteiger partial charge in [0, 0.05) is 12.2 Å². The van der Waals surface area contributed by atoms with Crippen LogP contribution in [-0.4, -0.2) is 35.2 Å². The molecule has 2 N–H and O–H groups in total. The van der Waals surface area contributed by atoms with Gasteiger partial charge in [-0.15, -0.1) is 10.2 Å². The number of carbonyl (C=O) groups is 2. The van der Waals surface area contributed by atoms with Crippen LogP contribution in [0.1, 0.15) is 46.9 Å². The maximum atomic E-state index is 12.1. The number of amides is 2. The highest BCUT2D eigenvalue weighted by atomic mass is 32.1. The number of nitrogens with one attached hydrogen (secondary N) is 2.